The van der Waals surface area contributed by atoms with Crippen molar-refractivity contribution in [2.45, 2.75) is 57.9 Å². The van der Waals surface area contributed by atoms with Gasteiger partial charge in [0.25, 0.3) is 0 Å². The molecule has 4 rings (SSSR count). The maximum absolute atomic E-state index is 13.1. The maximum atomic E-state index is 13.1. The number of amides is 1. The summed E-state index contributed by atoms with van der Waals surface area (Å²) in [5.74, 6) is 0.671. The zero-order valence-electron chi connectivity index (χ0n) is 14.0. The number of aromatic amines is 1. The Morgan fingerprint density at radius 2 is 2.00 bits per heavy atom. The normalized spacial score (nSPS) is 22.3. The van der Waals surface area contributed by atoms with Gasteiger partial charge in [0.05, 0.1) is 6.04 Å². The van der Waals surface area contributed by atoms with Gasteiger partial charge < -0.3 is 9.88 Å². The van der Waals surface area contributed by atoms with E-state index in [-0.39, 0.29) is 12.0 Å². The third-order valence-corrected chi connectivity index (χ3v) is 5.78. The first-order valence-corrected chi connectivity index (χ1v) is 9.19. The lowest BCUT2D eigenvalue weighted by molar-refractivity contribution is -0.139. The highest BCUT2D eigenvalue weighted by atomic mass is 16.2. The molecule has 2 aliphatic rings. The molecule has 1 saturated carbocycles. The number of nitrogens with one attached hydrogen (secondary N) is 1. The summed E-state index contributed by atoms with van der Waals surface area (Å²) in [6, 6.07) is 8.76. The van der Waals surface area contributed by atoms with Crippen molar-refractivity contribution in [2.24, 2.45) is 5.92 Å². The maximum Gasteiger partial charge on any atom is 0.226 e. The highest BCUT2D eigenvalue weighted by Crippen LogP contribution is 2.38. The third kappa shape index (κ3) is 2.46. The molecular formula is C20H26N2O. The number of hydrogen-bond donors (Lipinski definition) is 1. The van der Waals surface area contributed by atoms with Crippen LogP contribution < -0.4 is 0 Å². The van der Waals surface area contributed by atoms with Crippen molar-refractivity contribution in [2.75, 3.05) is 6.54 Å². The zero-order chi connectivity index (χ0) is 15.8. The lowest BCUT2D eigenvalue weighted by Crippen LogP contribution is -2.43. The Kier molecular flexibility index (Phi) is 3.88. The van der Waals surface area contributed by atoms with Gasteiger partial charge in [-0.3, -0.25) is 4.79 Å². The van der Waals surface area contributed by atoms with E-state index in [1.165, 1.54) is 41.4 Å². The molecule has 1 N–H and O–H groups in total. The first kappa shape index (κ1) is 14.8. The number of carbonyl (C=O) groups excluding carboxylic acids is 1. The van der Waals surface area contributed by atoms with E-state index in [0.29, 0.717) is 5.91 Å². The van der Waals surface area contributed by atoms with Crippen LogP contribution in [0, 0.1) is 5.92 Å². The summed E-state index contributed by atoms with van der Waals surface area (Å²) in [7, 11) is 0. The Morgan fingerprint density at radius 1 is 1.22 bits per heavy atom. The number of benzene rings is 1. The Morgan fingerprint density at radius 3 is 2.78 bits per heavy atom. The number of para-hydroxylation sites is 1. The molecule has 1 aromatic carbocycles. The van der Waals surface area contributed by atoms with Crippen LogP contribution in [0.5, 0.6) is 0 Å². The van der Waals surface area contributed by atoms with Crippen LogP contribution in [0.1, 0.15) is 62.7 Å². The van der Waals surface area contributed by atoms with Gasteiger partial charge in [-0.25, -0.2) is 0 Å². The summed E-state index contributed by atoms with van der Waals surface area (Å²) in [6.07, 6.45) is 7.88. The zero-order valence-corrected chi connectivity index (χ0v) is 14.0. The molecule has 0 saturated heterocycles. The predicted molar refractivity (Wildman–Crippen MR) is 93.3 cm³/mol. The van der Waals surface area contributed by atoms with E-state index in [1.54, 1.807) is 0 Å². The van der Waals surface area contributed by atoms with Gasteiger partial charge in [0.15, 0.2) is 0 Å². The molecule has 0 spiro atoms. The molecule has 1 atom stereocenters. The molecule has 0 radical (unpaired) electrons. The average Bonchev–Trinajstić information content (AvgIpc) is 2.99. The van der Waals surface area contributed by atoms with Crippen LogP contribution in [0.3, 0.4) is 0 Å². The minimum absolute atomic E-state index is 0.223. The lowest BCUT2D eigenvalue weighted by Gasteiger charge is -2.38. The molecule has 1 aliphatic heterocycles. The van der Waals surface area contributed by atoms with E-state index < -0.39 is 0 Å². The summed E-state index contributed by atoms with van der Waals surface area (Å²) < 4.78 is 0. The van der Waals surface area contributed by atoms with E-state index in [9.17, 15) is 4.79 Å². The Hall–Kier alpha value is -1.77. The van der Waals surface area contributed by atoms with Gasteiger partial charge in [-0.2, -0.15) is 0 Å². The van der Waals surface area contributed by atoms with E-state index in [2.05, 4.69) is 41.1 Å². The molecular weight excluding hydrogens is 284 g/mol. The van der Waals surface area contributed by atoms with E-state index in [1.807, 2.05) is 0 Å². The largest absolute Gasteiger partial charge is 0.356 e. The van der Waals surface area contributed by atoms with Gasteiger partial charge in [0, 0.05) is 29.1 Å². The monoisotopic (exact) mass is 310 g/mol. The highest BCUT2D eigenvalue weighted by molar-refractivity contribution is 5.86. The number of aromatic nitrogens is 1. The second kappa shape index (κ2) is 6.03. The van der Waals surface area contributed by atoms with Crippen LogP contribution in [0.15, 0.2) is 24.3 Å². The fourth-order valence-corrected chi connectivity index (χ4v) is 4.59. The van der Waals surface area contributed by atoms with E-state index in [0.717, 1.165) is 32.2 Å². The van der Waals surface area contributed by atoms with E-state index >= 15 is 0 Å². The standard InChI is InChI=1S/C20H26N2O/c1-2-18-19-16(15-10-6-7-11-17(15)21-19)12-13-22(18)20(23)14-8-4-3-5-9-14/h6-7,10-11,14,18,21H,2-5,8-9,12-13H2,1H3. The number of fused-ring (bicyclic) bond motifs is 3. The summed E-state index contributed by atoms with van der Waals surface area (Å²) in [6.45, 7) is 3.08. The fraction of sp³-hybridized carbons (Fsp3) is 0.550. The van der Waals surface area contributed by atoms with Gasteiger partial charge in [0.2, 0.25) is 5.91 Å². The molecule has 0 bridgehead atoms. The Labute approximate surface area is 138 Å². The Balaban J connectivity index is 1.67. The molecule has 1 aromatic heterocycles. The van der Waals surface area contributed by atoms with Gasteiger partial charge in [-0.1, -0.05) is 44.4 Å². The van der Waals surface area contributed by atoms with Crippen molar-refractivity contribution in [3.8, 4) is 0 Å². The highest BCUT2D eigenvalue weighted by Gasteiger charge is 2.35. The molecule has 3 heteroatoms. The molecule has 1 fully saturated rings. The summed E-state index contributed by atoms with van der Waals surface area (Å²) in [5, 5.41) is 1.34. The number of carbonyl (C=O) groups is 1. The van der Waals surface area contributed by atoms with Gasteiger partial charge in [-0.05, 0) is 37.3 Å². The van der Waals surface area contributed by atoms with Crippen molar-refractivity contribution in [1.82, 2.24) is 9.88 Å². The van der Waals surface area contributed by atoms with Crippen molar-refractivity contribution in [1.29, 1.82) is 0 Å². The van der Waals surface area contributed by atoms with Crippen molar-refractivity contribution < 1.29 is 4.79 Å². The molecule has 1 unspecified atom stereocenters. The van der Waals surface area contributed by atoms with Crippen LogP contribution in [-0.2, 0) is 11.2 Å². The van der Waals surface area contributed by atoms with E-state index in [4.69, 9.17) is 0 Å². The minimum Gasteiger partial charge on any atom is -0.356 e. The first-order chi connectivity index (χ1) is 11.3. The van der Waals surface area contributed by atoms with Crippen LogP contribution in [0.2, 0.25) is 0 Å². The van der Waals surface area contributed by atoms with Crippen molar-refractivity contribution in [3.05, 3.63) is 35.5 Å². The minimum atomic E-state index is 0.223. The predicted octanol–water partition coefficient (Wildman–Crippen LogP) is 4.58. The summed E-state index contributed by atoms with van der Waals surface area (Å²) in [4.78, 5) is 18.8. The molecule has 1 amide bonds. The van der Waals surface area contributed by atoms with Gasteiger partial charge in [0.1, 0.15) is 0 Å². The molecule has 1 aliphatic carbocycles. The summed E-state index contributed by atoms with van der Waals surface area (Å²) >= 11 is 0. The summed E-state index contributed by atoms with van der Waals surface area (Å²) in [5.41, 5.74) is 3.92. The van der Waals surface area contributed by atoms with Crippen LogP contribution in [-0.4, -0.2) is 22.3 Å². The lowest BCUT2D eigenvalue weighted by atomic mass is 9.86. The van der Waals surface area contributed by atoms with Crippen molar-refractivity contribution >= 4 is 16.8 Å². The Bertz CT molecular complexity index is 712. The topological polar surface area (TPSA) is 36.1 Å². The van der Waals surface area contributed by atoms with Crippen LogP contribution in [0.25, 0.3) is 10.9 Å². The SMILES string of the molecule is CCC1c2[nH]c3ccccc3c2CCN1C(=O)C1CCCCC1. The van der Waals surface area contributed by atoms with Crippen LogP contribution >= 0.6 is 0 Å². The molecule has 2 aromatic rings. The average molecular weight is 310 g/mol. The number of nitrogens with zero attached hydrogens (tertiary/aromatic N) is 1. The number of rotatable bonds is 2. The number of H-pyrrole nitrogens is 1. The quantitative estimate of drug-likeness (QED) is 0.865. The first-order valence-electron chi connectivity index (χ1n) is 9.19. The second-order valence-corrected chi connectivity index (χ2v) is 7.10. The molecule has 23 heavy (non-hydrogen) atoms. The van der Waals surface area contributed by atoms with Gasteiger partial charge >= 0.3 is 0 Å². The molecule has 2 heterocycles. The van der Waals surface area contributed by atoms with Crippen LogP contribution in [0.4, 0.5) is 0 Å². The van der Waals surface area contributed by atoms with Gasteiger partial charge in [-0.15, -0.1) is 0 Å². The third-order valence-electron chi connectivity index (χ3n) is 5.78. The fourth-order valence-electron chi connectivity index (χ4n) is 4.59. The van der Waals surface area contributed by atoms with Crippen molar-refractivity contribution in [3.63, 3.8) is 0 Å². The molecule has 122 valence electrons. The second-order valence-electron chi connectivity index (χ2n) is 7.10. The molecule has 3 nitrogen and oxygen atoms in total. The number of hydrogen-bond acceptors (Lipinski definition) is 1. The smallest absolute Gasteiger partial charge is 0.226 e.